The third kappa shape index (κ3) is 2.33. The van der Waals surface area contributed by atoms with Crippen molar-refractivity contribution in [1.29, 1.82) is 0 Å². The van der Waals surface area contributed by atoms with E-state index in [1.54, 1.807) is 0 Å². The van der Waals surface area contributed by atoms with Gasteiger partial charge in [0.15, 0.2) is 15.7 Å². The molecule has 0 spiro atoms. The molecule has 3 heterocycles. The van der Waals surface area contributed by atoms with Crippen molar-refractivity contribution in [3.05, 3.63) is 11.5 Å². The number of anilines is 1. The lowest BCUT2D eigenvalue weighted by molar-refractivity contribution is 0.558. The van der Waals surface area contributed by atoms with Gasteiger partial charge >= 0.3 is 0 Å². The zero-order valence-corrected chi connectivity index (χ0v) is 13.8. The Morgan fingerprint density at radius 3 is 2.71 bits per heavy atom. The van der Waals surface area contributed by atoms with E-state index in [1.807, 2.05) is 20.8 Å². The van der Waals surface area contributed by atoms with E-state index in [9.17, 15) is 8.42 Å². The fraction of sp³-hybridized carbons (Fsp3) is 0.733. The van der Waals surface area contributed by atoms with Crippen LogP contribution in [-0.4, -0.2) is 36.7 Å². The summed E-state index contributed by atoms with van der Waals surface area (Å²) in [5.41, 5.74) is 0.702. The van der Waals surface area contributed by atoms with Crippen molar-refractivity contribution in [1.82, 2.24) is 9.97 Å². The van der Waals surface area contributed by atoms with Crippen LogP contribution in [0.4, 0.5) is 5.82 Å². The van der Waals surface area contributed by atoms with Crippen LogP contribution in [0, 0.1) is 0 Å². The molecule has 0 amide bonds. The van der Waals surface area contributed by atoms with Crippen molar-refractivity contribution < 1.29 is 8.42 Å². The number of rotatable bonds is 2. The number of nitrogens with zero attached hydrogens (tertiary/aromatic N) is 3. The molecule has 1 saturated heterocycles. The topological polar surface area (TPSA) is 63.2 Å². The summed E-state index contributed by atoms with van der Waals surface area (Å²) in [5, 5.41) is -0.291. The van der Waals surface area contributed by atoms with Gasteiger partial charge in [0.1, 0.15) is 10.7 Å². The fourth-order valence-corrected chi connectivity index (χ4v) is 5.44. The van der Waals surface area contributed by atoms with Gasteiger partial charge in [-0.05, 0) is 18.8 Å². The summed E-state index contributed by atoms with van der Waals surface area (Å²) in [6, 6.07) is 0. The highest BCUT2D eigenvalue weighted by Gasteiger charge is 2.42. The van der Waals surface area contributed by atoms with Crippen LogP contribution in [0.3, 0.4) is 0 Å². The quantitative estimate of drug-likeness (QED) is 0.839. The van der Waals surface area contributed by atoms with Crippen LogP contribution in [-0.2, 0) is 16.3 Å². The molecule has 116 valence electrons. The summed E-state index contributed by atoms with van der Waals surface area (Å²) < 4.78 is 26.0. The molecule has 6 heteroatoms. The van der Waals surface area contributed by atoms with E-state index in [0.29, 0.717) is 23.0 Å². The average Bonchev–Trinajstić information content (AvgIpc) is 2.69. The van der Waals surface area contributed by atoms with Crippen LogP contribution in [0.25, 0.3) is 0 Å². The first-order chi connectivity index (χ1) is 9.95. The van der Waals surface area contributed by atoms with Gasteiger partial charge in [-0.3, -0.25) is 0 Å². The number of hydrogen-bond acceptors (Lipinski definition) is 5. The smallest absolute Gasteiger partial charge is 0.188 e. The summed E-state index contributed by atoms with van der Waals surface area (Å²) in [6.45, 7) is 7.51. The molecule has 2 aliphatic heterocycles. The molecule has 1 unspecified atom stereocenters. The van der Waals surface area contributed by atoms with Crippen molar-refractivity contribution in [3.8, 4) is 0 Å². The molecule has 0 N–H and O–H groups in total. The Kier molecular flexibility index (Phi) is 3.67. The Morgan fingerprint density at radius 2 is 2.05 bits per heavy atom. The van der Waals surface area contributed by atoms with Crippen molar-refractivity contribution in [2.75, 3.05) is 18.0 Å². The molecule has 0 aromatic carbocycles. The predicted octanol–water partition coefficient (Wildman–Crippen LogP) is 2.31. The number of sulfone groups is 1. The Labute approximate surface area is 126 Å². The van der Waals surface area contributed by atoms with Gasteiger partial charge in [-0.2, -0.15) is 0 Å². The number of fused-ring (bicyclic) bond motifs is 4. The first-order valence-electron chi connectivity index (χ1n) is 7.84. The Hall–Kier alpha value is -1.17. The monoisotopic (exact) mass is 309 g/mol. The second-order valence-corrected chi connectivity index (χ2v) is 8.46. The molecule has 5 nitrogen and oxygen atoms in total. The SMILES string of the molecule is CCc1nc(C(C)C)c2c(n1)N1CCCCC(C1)S2(=O)=O. The standard InChI is InChI=1S/C15H23N3O2S/c1-4-12-16-13(10(2)3)14-15(17-12)18-8-6-5-7-11(9-18)21(14,19)20/h10-11H,4-9H2,1-3H3. The summed E-state index contributed by atoms with van der Waals surface area (Å²) in [7, 11) is -3.31. The lowest BCUT2D eigenvalue weighted by atomic mass is 10.1. The van der Waals surface area contributed by atoms with E-state index in [4.69, 9.17) is 0 Å². The van der Waals surface area contributed by atoms with Gasteiger partial charge in [-0.1, -0.05) is 27.2 Å². The summed E-state index contributed by atoms with van der Waals surface area (Å²) in [4.78, 5) is 11.7. The van der Waals surface area contributed by atoms with Crippen molar-refractivity contribution in [2.24, 2.45) is 0 Å². The Bertz CT molecular complexity index is 655. The van der Waals surface area contributed by atoms with Gasteiger partial charge in [0.05, 0.1) is 10.9 Å². The molecule has 0 radical (unpaired) electrons. The minimum Gasteiger partial charge on any atom is -0.354 e. The van der Waals surface area contributed by atoms with Crippen molar-refractivity contribution in [2.45, 2.75) is 62.5 Å². The van der Waals surface area contributed by atoms with Gasteiger partial charge in [-0.25, -0.2) is 18.4 Å². The van der Waals surface area contributed by atoms with Gasteiger partial charge in [0.2, 0.25) is 0 Å². The van der Waals surface area contributed by atoms with Gasteiger partial charge < -0.3 is 4.90 Å². The molecule has 1 aromatic heterocycles. The predicted molar refractivity (Wildman–Crippen MR) is 82.5 cm³/mol. The van der Waals surface area contributed by atoms with Crippen LogP contribution >= 0.6 is 0 Å². The molecule has 1 fully saturated rings. The maximum atomic E-state index is 13.0. The Morgan fingerprint density at radius 1 is 1.29 bits per heavy atom. The maximum Gasteiger partial charge on any atom is 0.188 e. The fourth-order valence-electron chi connectivity index (χ4n) is 3.25. The lowest BCUT2D eigenvalue weighted by Gasteiger charge is -2.34. The number of hydrogen-bond donors (Lipinski definition) is 0. The van der Waals surface area contributed by atoms with Crippen LogP contribution in [0.2, 0.25) is 0 Å². The molecular weight excluding hydrogens is 286 g/mol. The molecule has 0 aliphatic carbocycles. The highest BCUT2D eigenvalue weighted by atomic mass is 32.2. The third-order valence-corrected chi connectivity index (χ3v) is 6.66. The molecule has 2 bridgehead atoms. The minimum absolute atomic E-state index is 0.0863. The van der Waals surface area contributed by atoms with Crippen LogP contribution < -0.4 is 4.90 Å². The molecule has 1 aromatic rings. The summed E-state index contributed by atoms with van der Waals surface area (Å²) in [5.74, 6) is 1.49. The zero-order valence-electron chi connectivity index (χ0n) is 13.0. The van der Waals surface area contributed by atoms with Gasteiger partial charge in [0, 0.05) is 19.5 Å². The summed E-state index contributed by atoms with van der Waals surface area (Å²) in [6.07, 6.45) is 3.49. The van der Waals surface area contributed by atoms with Crippen LogP contribution in [0.1, 0.15) is 57.5 Å². The molecule has 21 heavy (non-hydrogen) atoms. The van der Waals surface area contributed by atoms with E-state index in [-0.39, 0.29) is 11.2 Å². The van der Waals surface area contributed by atoms with E-state index in [0.717, 1.165) is 38.1 Å². The number of aryl methyl sites for hydroxylation is 1. The van der Waals surface area contributed by atoms with E-state index >= 15 is 0 Å². The van der Waals surface area contributed by atoms with Crippen molar-refractivity contribution in [3.63, 3.8) is 0 Å². The van der Waals surface area contributed by atoms with E-state index < -0.39 is 9.84 Å². The average molecular weight is 309 g/mol. The van der Waals surface area contributed by atoms with Gasteiger partial charge in [0.25, 0.3) is 0 Å². The molecule has 1 atom stereocenters. The largest absolute Gasteiger partial charge is 0.354 e. The third-order valence-electron chi connectivity index (χ3n) is 4.43. The van der Waals surface area contributed by atoms with Crippen molar-refractivity contribution >= 4 is 15.7 Å². The molecule has 2 aliphatic rings. The van der Waals surface area contributed by atoms with E-state index in [1.165, 1.54) is 0 Å². The molecule has 0 saturated carbocycles. The first-order valence-corrected chi connectivity index (χ1v) is 9.39. The first kappa shape index (κ1) is 14.8. The highest BCUT2D eigenvalue weighted by molar-refractivity contribution is 7.92. The number of aromatic nitrogens is 2. The summed E-state index contributed by atoms with van der Waals surface area (Å²) >= 11 is 0. The lowest BCUT2D eigenvalue weighted by Crippen LogP contribution is -2.42. The van der Waals surface area contributed by atoms with Crippen LogP contribution in [0.15, 0.2) is 4.90 Å². The maximum absolute atomic E-state index is 13.0. The van der Waals surface area contributed by atoms with E-state index in [2.05, 4.69) is 14.9 Å². The molecule has 3 rings (SSSR count). The second kappa shape index (κ2) is 5.23. The Balaban J connectivity index is 2.29. The molecular formula is C15H23N3O2S. The zero-order chi connectivity index (χ0) is 15.2. The van der Waals surface area contributed by atoms with Crippen LogP contribution in [0.5, 0.6) is 0 Å². The normalized spacial score (nSPS) is 23.8. The highest BCUT2D eigenvalue weighted by Crippen LogP contribution is 2.39. The minimum atomic E-state index is -3.31. The second-order valence-electron chi connectivity index (χ2n) is 6.29. The van der Waals surface area contributed by atoms with Gasteiger partial charge in [-0.15, -0.1) is 0 Å².